The number of nitrogens with one attached hydrogen (secondary N) is 1. The molecule has 160 valence electrons. The Hall–Kier alpha value is -2.45. The van der Waals surface area contributed by atoms with E-state index in [2.05, 4.69) is 42.6 Å². The molecule has 0 unspecified atom stereocenters. The fourth-order valence-electron chi connectivity index (χ4n) is 3.43. The molecule has 0 bridgehead atoms. The summed E-state index contributed by atoms with van der Waals surface area (Å²) < 4.78 is 13.7. The van der Waals surface area contributed by atoms with Gasteiger partial charge in [-0.15, -0.1) is 0 Å². The normalized spacial score (nSPS) is 13.7. The summed E-state index contributed by atoms with van der Waals surface area (Å²) in [6.45, 7) is 11.5. The number of ether oxygens (including phenoxy) is 2. The molecule has 0 fully saturated rings. The molecule has 3 aromatic rings. The maximum atomic E-state index is 6.12. The van der Waals surface area contributed by atoms with Gasteiger partial charge in [-0.25, -0.2) is 9.97 Å². The van der Waals surface area contributed by atoms with Gasteiger partial charge in [0.1, 0.15) is 18.7 Å². The van der Waals surface area contributed by atoms with E-state index in [0.717, 1.165) is 57.7 Å². The van der Waals surface area contributed by atoms with Gasteiger partial charge in [-0.1, -0.05) is 11.8 Å². The lowest BCUT2D eigenvalue weighted by Gasteiger charge is -2.21. The summed E-state index contributed by atoms with van der Waals surface area (Å²) in [5.41, 5.74) is 9.11. The standard InChI is InChI=1S/C22H29N5O2S/c1-14-12-16-17(29-11-10-28-16)13-18(14)30-21-26-19-15(6-8-24-20(19)23)27(21)9-5-7-25-22(2,3)4/h6,8,12-13,25H,5,7,9-11H2,1-4H3,(H2,23,24). The summed E-state index contributed by atoms with van der Waals surface area (Å²) in [5.74, 6) is 2.05. The molecule has 0 saturated heterocycles. The van der Waals surface area contributed by atoms with Crippen LogP contribution in [0.5, 0.6) is 11.5 Å². The van der Waals surface area contributed by atoms with Gasteiger partial charge in [-0.3, -0.25) is 0 Å². The van der Waals surface area contributed by atoms with E-state index in [0.29, 0.717) is 19.0 Å². The van der Waals surface area contributed by atoms with Crippen LogP contribution in [0.3, 0.4) is 0 Å². The maximum absolute atomic E-state index is 6.12. The first-order valence-corrected chi connectivity index (χ1v) is 11.1. The smallest absolute Gasteiger partial charge is 0.174 e. The molecule has 0 saturated carbocycles. The second-order valence-electron chi connectivity index (χ2n) is 8.50. The lowest BCUT2D eigenvalue weighted by atomic mass is 10.1. The number of imidazole rings is 1. The van der Waals surface area contributed by atoms with Gasteiger partial charge in [-0.05, 0) is 64.4 Å². The van der Waals surface area contributed by atoms with E-state index in [1.807, 2.05) is 18.2 Å². The van der Waals surface area contributed by atoms with Crippen molar-refractivity contribution in [1.29, 1.82) is 0 Å². The molecule has 0 spiro atoms. The van der Waals surface area contributed by atoms with Gasteiger partial charge >= 0.3 is 0 Å². The topological polar surface area (TPSA) is 87.2 Å². The van der Waals surface area contributed by atoms with Crippen molar-refractivity contribution in [2.45, 2.75) is 56.3 Å². The molecule has 3 heterocycles. The number of aromatic nitrogens is 3. The third-order valence-electron chi connectivity index (χ3n) is 4.92. The van der Waals surface area contributed by atoms with Crippen LogP contribution in [0, 0.1) is 6.92 Å². The number of nitrogens with zero attached hydrogens (tertiary/aromatic N) is 3. The molecule has 1 aliphatic rings. The van der Waals surface area contributed by atoms with E-state index >= 15 is 0 Å². The maximum Gasteiger partial charge on any atom is 0.174 e. The van der Waals surface area contributed by atoms with Gasteiger partial charge in [0.15, 0.2) is 22.5 Å². The van der Waals surface area contributed by atoms with E-state index in [1.165, 1.54) is 0 Å². The van der Waals surface area contributed by atoms with Crippen molar-refractivity contribution in [1.82, 2.24) is 19.9 Å². The molecular formula is C22H29N5O2S. The van der Waals surface area contributed by atoms with Crippen LogP contribution in [0.15, 0.2) is 34.4 Å². The molecule has 0 atom stereocenters. The number of aryl methyl sites for hydroxylation is 2. The molecular weight excluding hydrogens is 398 g/mol. The average molecular weight is 428 g/mol. The fourth-order valence-corrected chi connectivity index (χ4v) is 4.44. The highest BCUT2D eigenvalue weighted by molar-refractivity contribution is 7.99. The summed E-state index contributed by atoms with van der Waals surface area (Å²) in [5, 5.41) is 4.45. The number of fused-ring (bicyclic) bond motifs is 2. The minimum atomic E-state index is 0.102. The molecule has 3 N–H and O–H groups in total. The molecule has 1 aromatic carbocycles. The number of nitrogen functional groups attached to an aromatic ring is 1. The molecule has 1 aliphatic heterocycles. The van der Waals surface area contributed by atoms with E-state index < -0.39 is 0 Å². The van der Waals surface area contributed by atoms with E-state index in [-0.39, 0.29) is 5.54 Å². The van der Waals surface area contributed by atoms with Gasteiger partial charge in [0.25, 0.3) is 0 Å². The van der Waals surface area contributed by atoms with Crippen LogP contribution in [0.4, 0.5) is 5.82 Å². The zero-order valence-electron chi connectivity index (χ0n) is 18.0. The van der Waals surface area contributed by atoms with Crippen LogP contribution >= 0.6 is 11.8 Å². The van der Waals surface area contributed by atoms with Gasteiger partial charge in [0.2, 0.25) is 0 Å². The van der Waals surface area contributed by atoms with Crippen molar-refractivity contribution in [3.63, 3.8) is 0 Å². The third-order valence-corrected chi connectivity index (χ3v) is 6.07. The summed E-state index contributed by atoms with van der Waals surface area (Å²) >= 11 is 1.62. The number of anilines is 1. The predicted molar refractivity (Wildman–Crippen MR) is 121 cm³/mol. The molecule has 4 rings (SSSR count). The second-order valence-corrected chi connectivity index (χ2v) is 9.51. The Morgan fingerprint density at radius 3 is 2.67 bits per heavy atom. The van der Waals surface area contributed by atoms with Crippen LogP contribution in [-0.4, -0.2) is 39.8 Å². The minimum absolute atomic E-state index is 0.102. The molecule has 0 aliphatic carbocycles. The van der Waals surface area contributed by atoms with Gasteiger partial charge in [0, 0.05) is 23.2 Å². The summed E-state index contributed by atoms with van der Waals surface area (Å²) in [6.07, 6.45) is 2.73. The first-order chi connectivity index (χ1) is 14.3. The fraction of sp³-hybridized carbons (Fsp3) is 0.455. The summed E-state index contributed by atoms with van der Waals surface area (Å²) in [7, 11) is 0. The Bertz CT molecular complexity index is 1060. The summed E-state index contributed by atoms with van der Waals surface area (Å²) in [6, 6.07) is 6.06. The van der Waals surface area contributed by atoms with Crippen molar-refractivity contribution >= 4 is 28.6 Å². The highest BCUT2D eigenvalue weighted by atomic mass is 32.2. The van der Waals surface area contributed by atoms with Crippen LogP contribution in [0.1, 0.15) is 32.8 Å². The number of nitrogens with two attached hydrogens (primary N) is 1. The van der Waals surface area contributed by atoms with Crippen molar-refractivity contribution in [2.75, 3.05) is 25.5 Å². The van der Waals surface area contributed by atoms with Crippen LogP contribution in [0.25, 0.3) is 11.0 Å². The Morgan fingerprint density at radius 2 is 1.93 bits per heavy atom. The first-order valence-electron chi connectivity index (χ1n) is 10.3. The predicted octanol–water partition coefficient (Wildman–Crippen LogP) is 4.02. The third kappa shape index (κ3) is 4.49. The van der Waals surface area contributed by atoms with Crippen molar-refractivity contribution in [3.05, 3.63) is 30.0 Å². The Labute approximate surface area is 181 Å². The number of hydrogen-bond donors (Lipinski definition) is 2. The van der Waals surface area contributed by atoms with E-state index in [4.69, 9.17) is 20.2 Å². The van der Waals surface area contributed by atoms with Crippen LogP contribution < -0.4 is 20.5 Å². The molecule has 7 nitrogen and oxygen atoms in total. The van der Waals surface area contributed by atoms with E-state index in [9.17, 15) is 0 Å². The lowest BCUT2D eigenvalue weighted by molar-refractivity contribution is 0.171. The molecule has 0 radical (unpaired) electrons. The van der Waals surface area contributed by atoms with Crippen molar-refractivity contribution < 1.29 is 9.47 Å². The number of hydrogen-bond acceptors (Lipinski definition) is 7. The first kappa shape index (κ1) is 20.8. The van der Waals surface area contributed by atoms with Crippen LogP contribution in [0.2, 0.25) is 0 Å². The quantitative estimate of drug-likeness (QED) is 0.575. The zero-order valence-corrected chi connectivity index (χ0v) is 18.8. The zero-order chi connectivity index (χ0) is 21.3. The molecule has 30 heavy (non-hydrogen) atoms. The molecule has 8 heteroatoms. The second kappa shape index (κ2) is 8.35. The highest BCUT2D eigenvalue weighted by Gasteiger charge is 2.19. The van der Waals surface area contributed by atoms with Gasteiger partial charge in [0.05, 0.1) is 5.52 Å². The largest absolute Gasteiger partial charge is 0.486 e. The Morgan fingerprint density at radius 1 is 1.20 bits per heavy atom. The van der Waals surface area contributed by atoms with Crippen molar-refractivity contribution in [3.8, 4) is 11.5 Å². The van der Waals surface area contributed by atoms with Crippen molar-refractivity contribution in [2.24, 2.45) is 0 Å². The Balaban J connectivity index is 1.64. The Kier molecular flexibility index (Phi) is 5.79. The lowest BCUT2D eigenvalue weighted by Crippen LogP contribution is -2.36. The minimum Gasteiger partial charge on any atom is -0.486 e. The van der Waals surface area contributed by atoms with Crippen LogP contribution in [-0.2, 0) is 6.54 Å². The van der Waals surface area contributed by atoms with E-state index in [1.54, 1.807) is 18.0 Å². The SMILES string of the molecule is Cc1cc2c(cc1Sc1nc3c(N)nccc3n1CCCNC(C)(C)C)OCCO2. The van der Waals surface area contributed by atoms with Gasteiger partial charge in [-0.2, -0.15) is 0 Å². The average Bonchev–Trinajstić information content (AvgIpc) is 3.04. The summed E-state index contributed by atoms with van der Waals surface area (Å²) in [4.78, 5) is 10.1. The number of benzene rings is 1. The number of rotatable bonds is 6. The monoisotopic (exact) mass is 427 g/mol. The van der Waals surface area contributed by atoms with Gasteiger partial charge < -0.3 is 25.1 Å². The highest BCUT2D eigenvalue weighted by Crippen LogP contribution is 2.40. The molecule has 2 aromatic heterocycles. The number of pyridine rings is 1. The molecule has 0 amide bonds.